The van der Waals surface area contributed by atoms with E-state index in [1.807, 2.05) is 0 Å². The summed E-state index contributed by atoms with van der Waals surface area (Å²) in [6, 6.07) is 5.18. The smallest absolute Gasteiger partial charge is 0.273 e. The minimum Gasteiger partial charge on any atom is -0.409 e. The Hall–Kier alpha value is -2.90. The van der Waals surface area contributed by atoms with Crippen LogP contribution in [0.3, 0.4) is 0 Å². The zero-order chi connectivity index (χ0) is 15.6. The molecule has 0 spiro atoms. The number of benzene rings is 1. The SMILES string of the molecule is Cc1cc(C(=O)Nc2ccc(F)cc2/C(N)=N/O)n(C)n1. The number of oxime groups is 1. The van der Waals surface area contributed by atoms with Crippen LogP contribution in [-0.2, 0) is 7.05 Å². The van der Waals surface area contributed by atoms with E-state index in [4.69, 9.17) is 10.9 Å². The zero-order valence-electron chi connectivity index (χ0n) is 11.5. The van der Waals surface area contributed by atoms with E-state index in [9.17, 15) is 9.18 Å². The first-order valence-corrected chi connectivity index (χ1v) is 6.02. The van der Waals surface area contributed by atoms with Crippen molar-refractivity contribution in [3.05, 3.63) is 47.0 Å². The summed E-state index contributed by atoms with van der Waals surface area (Å²) in [6.07, 6.45) is 0. The van der Waals surface area contributed by atoms with Crippen molar-refractivity contribution in [3.63, 3.8) is 0 Å². The highest BCUT2D eigenvalue weighted by Crippen LogP contribution is 2.18. The summed E-state index contributed by atoms with van der Waals surface area (Å²) in [5, 5.41) is 18.2. The molecule has 1 amide bonds. The quantitative estimate of drug-likeness (QED) is 0.342. The number of nitrogens with zero attached hydrogens (tertiary/aromatic N) is 3. The number of halogens is 1. The largest absolute Gasteiger partial charge is 0.409 e. The summed E-state index contributed by atoms with van der Waals surface area (Å²) < 4.78 is 14.7. The van der Waals surface area contributed by atoms with Gasteiger partial charge in [-0.25, -0.2) is 4.39 Å². The second-order valence-corrected chi connectivity index (χ2v) is 4.42. The van der Waals surface area contributed by atoms with E-state index in [2.05, 4.69) is 15.6 Å². The van der Waals surface area contributed by atoms with Gasteiger partial charge in [-0.3, -0.25) is 9.48 Å². The molecule has 0 aliphatic heterocycles. The van der Waals surface area contributed by atoms with Gasteiger partial charge in [-0.05, 0) is 31.2 Å². The Morgan fingerprint density at radius 1 is 1.48 bits per heavy atom. The summed E-state index contributed by atoms with van der Waals surface area (Å²) in [7, 11) is 1.64. The lowest BCUT2D eigenvalue weighted by Gasteiger charge is -2.10. The Labute approximate surface area is 119 Å². The minimum absolute atomic E-state index is 0.0877. The van der Waals surface area contributed by atoms with Gasteiger partial charge in [0.05, 0.1) is 11.4 Å². The van der Waals surface area contributed by atoms with Gasteiger partial charge in [0, 0.05) is 12.6 Å². The number of carbonyl (C=O) groups excluding carboxylic acids is 1. The molecule has 0 bridgehead atoms. The van der Waals surface area contributed by atoms with Crippen molar-refractivity contribution in [2.45, 2.75) is 6.92 Å². The number of anilines is 1. The fourth-order valence-electron chi connectivity index (χ4n) is 1.90. The maximum absolute atomic E-state index is 13.3. The first kappa shape index (κ1) is 14.5. The molecule has 0 fully saturated rings. The number of hydrogen-bond donors (Lipinski definition) is 3. The highest BCUT2D eigenvalue weighted by molar-refractivity contribution is 6.09. The molecule has 0 unspecified atom stereocenters. The monoisotopic (exact) mass is 291 g/mol. The van der Waals surface area contributed by atoms with Gasteiger partial charge in [0.15, 0.2) is 5.84 Å². The number of amidine groups is 1. The number of carbonyl (C=O) groups is 1. The number of nitrogens with two attached hydrogens (primary N) is 1. The molecule has 1 heterocycles. The average Bonchev–Trinajstić information content (AvgIpc) is 2.78. The number of aryl methyl sites for hydroxylation is 2. The molecular formula is C13H14FN5O2. The zero-order valence-corrected chi connectivity index (χ0v) is 11.5. The van der Waals surface area contributed by atoms with Gasteiger partial charge in [0.25, 0.3) is 5.91 Å². The van der Waals surface area contributed by atoms with Crippen LogP contribution in [0.5, 0.6) is 0 Å². The highest BCUT2D eigenvalue weighted by Gasteiger charge is 2.15. The number of hydrogen-bond acceptors (Lipinski definition) is 4. The molecule has 110 valence electrons. The van der Waals surface area contributed by atoms with Crippen molar-refractivity contribution >= 4 is 17.4 Å². The molecule has 4 N–H and O–H groups in total. The molecule has 0 aliphatic carbocycles. The fraction of sp³-hybridized carbons (Fsp3) is 0.154. The third-order valence-corrected chi connectivity index (χ3v) is 2.85. The van der Waals surface area contributed by atoms with E-state index >= 15 is 0 Å². The molecule has 0 aliphatic rings. The Morgan fingerprint density at radius 3 is 2.76 bits per heavy atom. The van der Waals surface area contributed by atoms with E-state index in [1.54, 1.807) is 20.0 Å². The van der Waals surface area contributed by atoms with Crippen molar-refractivity contribution in [3.8, 4) is 0 Å². The maximum atomic E-state index is 13.3. The van der Waals surface area contributed by atoms with Gasteiger partial charge < -0.3 is 16.3 Å². The van der Waals surface area contributed by atoms with Crippen LogP contribution in [-0.4, -0.2) is 26.7 Å². The van der Waals surface area contributed by atoms with E-state index in [0.29, 0.717) is 11.4 Å². The van der Waals surface area contributed by atoms with Crippen molar-refractivity contribution in [1.82, 2.24) is 9.78 Å². The van der Waals surface area contributed by atoms with Crippen molar-refractivity contribution in [1.29, 1.82) is 0 Å². The Kier molecular flexibility index (Phi) is 3.88. The second-order valence-electron chi connectivity index (χ2n) is 4.42. The summed E-state index contributed by atoms with van der Waals surface area (Å²) in [5.41, 5.74) is 6.83. The molecule has 0 atom stereocenters. The van der Waals surface area contributed by atoms with Gasteiger partial charge >= 0.3 is 0 Å². The predicted octanol–water partition coefficient (Wildman–Crippen LogP) is 1.21. The molecule has 2 aromatic rings. The van der Waals surface area contributed by atoms with Crippen LogP contribution in [0.4, 0.5) is 10.1 Å². The van der Waals surface area contributed by atoms with Crippen molar-refractivity contribution in [2.75, 3.05) is 5.32 Å². The first-order valence-electron chi connectivity index (χ1n) is 6.02. The predicted molar refractivity (Wildman–Crippen MR) is 74.8 cm³/mol. The Bertz CT molecular complexity index is 723. The van der Waals surface area contributed by atoms with Crippen LogP contribution in [0.1, 0.15) is 21.7 Å². The third-order valence-electron chi connectivity index (χ3n) is 2.85. The second kappa shape index (κ2) is 5.61. The van der Waals surface area contributed by atoms with E-state index in [1.165, 1.54) is 10.7 Å². The van der Waals surface area contributed by atoms with Crippen molar-refractivity contribution < 1.29 is 14.4 Å². The molecule has 7 nitrogen and oxygen atoms in total. The van der Waals surface area contributed by atoms with E-state index in [-0.39, 0.29) is 17.1 Å². The van der Waals surface area contributed by atoms with Crippen LogP contribution >= 0.6 is 0 Å². The van der Waals surface area contributed by atoms with E-state index in [0.717, 1.165) is 12.1 Å². The van der Waals surface area contributed by atoms with Crippen LogP contribution < -0.4 is 11.1 Å². The van der Waals surface area contributed by atoms with Gasteiger partial charge in [-0.1, -0.05) is 5.16 Å². The molecule has 2 rings (SSSR count). The third kappa shape index (κ3) is 2.99. The molecular weight excluding hydrogens is 277 g/mol. The fourth-order valence-corrected chi connectivity index (χ4v) is 1.90. The van der Waals surface area contributed by atoms with Crippen LogP contribution in [0.25, 0.3) is 0 Å². The molecule has 0 radical (unpaired) electrons. The van der Waals surface area contributed by atoms with Gasteiger partial charge in [0.2, 0.25) is 0 Å². The Morgan fingerprint density at radius 2 is 2.19 bits per heavy atom. The normalized spacial score (nSPS) is 11.5. The number of aromatic nitrogens is 2. The maximum Gasteiger partial charge on any atom is 0.273 e. The molecule has 8 heteroatoms. The molecule has 1 aromatic heterocycles. The molecule has 0 saturated heterocycles. The highest BCUT2D eigenvalue weighted by atomic mass is 19.1. The lowest BCUT2D eigenvalue weighted by Crippen LogP contribution is -2.21. The number of rotatable bonds is 3. The minimum atomic E-state index is -0.564. The Balaban J connectivity index is 2.35. The summed E-state index contributed by atoms with van der Waals surface area (Å²) >= 11 is 0. The molecule has 0 saturated carbocycles. The van der Waals surface area contributed by atoms with Gasteiger partial charge in [-0.2, -0.15) is 5.10 Å². The van der Waals surface area contributed by atoms with Crippen LogP contribution in [0.2, 0.25) is 0 Å². The number of nitrogens with one attached hydrogen (secondary N) is 1. The van der Waals surface area contributed by atoms with Gasteiger partial charge in [0.1, 0.15) is 11.5 Å². The summed E-state index contributed by atoms with van der Waals surface area (Å²) in [6.45, 7) is 1.76. The summed E-state index contributed by atoms with van der Waals surface area (Å²) in [4.78, 5) is 12.2. The lowest BCUT2D eigenvalue weighted by atomic mass is 10.1. The van der Waals surface area contributed by atoms with Crippen molar-refractivity contribution in [2.24, 2.45) is 17.9 Å². The lowest BCUT2D eigenvalue weighted by molar-refractivity contribution is 0.101. The number of amides is 1. The standard InChI is InChI=1S/C13H14FN5O2/c1-7-5-11(19(2)17-7)13(20)16-10-4-3-8(14)6-9(10)12(15)18-21/h3-6,21H,1-2H3,(H2,15,18)(H,16,20). The first-order chi connectivity index (χ1) is 9.92. The average molecular weight is 291 g/mol. The molecule has 1 aromatic carbocycles. The van der Waals surface area contributed by atoms with E-state index < -0.39 is 11.7 Å². The van der Waals surface area contributed by atoms with Gasteiger partial charge in [-0.15, -0.1) is 0 Å². The topological polar surface area (TPSA) is 106 Å². The summed E-state index contributed by atoms with van der Waals surface area (Å²) in [5.74, 6) is -1.30. The van der Waals surface area contributed by atoms with Crippen LogP contribution in [0, 0.1) is 12.7 Å². The molecule has 21 heavy (non-hydrogen) atoms. The van der Waals surface area contributed by atoms with Crippen LogP contribution in [0.15, 0.2) is 29.4 Å².